The number of anilines is 1. The summed E-state index contributed by atoms with van der Waals surface area (Å²) in [5, 5.41) is 7.66. The normalized spacial score (nSPS) is 20.2. The van der Waals surface area contributed by atoms with E-state index < -0.39 is 15.3 Å². The molecule has 1 amide bonds. The number of aromatic nitrogens is 3. The van der Waals surface area contributed by atoms with Gasteiger partial charge in [-0.1, -0.05) is 6.07 Å². The second kappa shape index (κ2) is 9.49. The van der Waals surface area contributed by atoms with Gasteiger partial charge in [-0.3, -0.25) is 14.1 Å². The highest BCUT2D eigenvalue weighted by Gasteiger charge is 2.40. The minimum absolute atomic E-state index is 0. The van der Waals surface area contributed by atoms with Crippen LogP contribution in [0.3, 0.4) is 0 Å². The topological polar surface area (TPSA) is 129 Å². The number of para-hydroxylation sites is 1. The summed E-state index contributed by atoms with van der Waals surface area (Å²) in [6.45, 7) is 1.96. The SMILES string of the molecule is COc1cccc(OC)c1-n1c(NS(=O)(=O)[C@H]2CC[C@H]3CCCC(=O)N3C2)nnc1-c1ccc(C)o1.[HH]. The van der Waals surface area contributed by atoms with E-state index in [0.717, 1.165) is 12.8 Å². The predicted octanol–water partition coefficient (Wildman–Crippen LogP) is 3.38. The Labute approximate surface area is 210 Å². The number of carbonyl (C=O) groups is 1. The molecule has 0 radical (unpaired) electrons. The number of benzene rings is 1. The highest BCUT2D eigenvalue weighted by Crippen LogP contribution is 2.38. The van der Waals surface area contributed by atoms with Gasteiger partial charge in [-0.25, -0.2) is 8.42 Å². The molecule has 4 heterocycles. The largest absolute Gasteiger partial charge is 0.494 e. The molecule has 194 valence electrons. The molecule has 1 N–H and O–H groups in total. The van der Waals surface area contributed by atoms with Crippen LogP contribution in [-0.2, 0) is 14.8 Å². The van der Waals surface area contributed by atoms with E-state index in [4.69, 9.17) is 13.9 Å². The van der Waals surface area contributed by atoms with Crippen LogP contribution in [0.2, 0.25) is 0 Å². The van der Waals surface area contributed by atoms with E-state index in [1.807, 2.05) is 0 Å². The number of hydrogen-bond donors (Lipinski definition) is 1. The quantitative estimate of drug-likeness (QED) is 0.505. The van der Waals surface area contributed by atoms with E-state index in [-0.39, 0.29) is 31.7 Å². The minimum atomic E-state index is -3.92. The van der Waals surface area contributed by atoms with Crippen LogP contribution in [0.5, 0.6) is 11.5 Å². The maximum atomic E-state index is 13.6. The Bertz CT molecular complexity index is 1370. The van der Waals surface area contributed by atoms with Crippen LogP contribution in [-0.4, -0.2) is 66.0 Å². The number of hydrogen-bond acceptors (Lipinski definition) is 8. The molecule has 0 spiro atoms. The van der Waals surface area contributed by atoms with E-state index in [1.165, 1.54) is 18.8 Å². The molecule has 0 aliphatic carbocycles. The van der Waals surface area contributed by atoms with E-state index in [1.54, 1.807) is 42.2 Å². The Balaban J connectivity index is 0.00000320. The molecule has 36 heavy (non-hydrogen) atoms. The molecular formula is C24H31N5O6S. The highest BCUT2D eigenvalue weighted by atomic mass is 32.2. The van der Waals surface area contributed by atoms with Crippen molar-refractivity contribution in [2.24, 2.45) is 0 Å². The summed E-state index contributed by atoms with van der Waals surface area (Å²) < 4.78 is 48.2. The number of piperidine rings is 2. The Morgan fingerprint density at radius 3 is 2.50 bits per heavy atom. The fourth-order valence-electron chi connectivity index (χ4n) is 5.02. The van der Waals surface area contributed by atoms with Gasteiger partial charge in [0.2, 0.25) is 27.7 Å². The number of furan rings is 1. The number of methoxy groups -OCH3 is 2. The molecule has 1 aromatic carbocycles. The predicted molar refractivity (Wildman–Crippen MR) is 134 cm³/mol. The maximum Gasteiger partial charge on any atom is 0.243 e. The summed E-state index contributed by atoms with van der Waals surface area (Å²) in [6, 6.07) is 8.87. The number of nitrogens with zero attached hydrogens (tertiary/aromatic N) is 4. The summed E-state index contributed by atoms with van der Waals surface area (Å²) in [5.41, 5.74) is 0.421. The van der Waals surface area contributed by atoms with Gasteiger partial charge >= 0.3 is 0 Å². The third-order valence-corrected chi connectivity index (χ3v) is 8.56. The van der Waals surface area contributed by atoms with Gasteiger partial charge in [0.25, 0.3) is 0 Å². The Morgan fingerprint density at radius 2 is 1.83 bits per heavy atom. The maximum absolute atomic E-state index is 13.6. The van der Waals surface area contributed by atoms with Gasteiger partial charge < -0.3 is 18.8 Å². The number of sulfonamides is 1. The zero-order valence-electron chi connectivity index (χ0n) is 20.4. The van der Waals surface area contributed by atoms with E-state index in [9.17, 15) is 13.2 Å². The molecule has 5 rings (SSSR count). The van der Waals surface area contributed by atoms with Gasteiger partial charge in [0.05, 0.1) is 19.5 Å². The van der Waals surface area contributed by atoms with Crippen LogP contribution in [0.1, 0.15) is 39.3 Å². The molecular weight excluding hydrogens is 486 g/mol. The zero-order valence-corrected chi connectivity index (χ0v) is 21.2. The number of fused-ring (bicyclic) bond motifs is 1. The molecule has 12 heteroatoms. The number of amides is 1. The van der Waals surface area contributed by atoms with Crippen LogP contribution in [0, 0.1) is 6.92 Å². The van der Waals surface area contributed by atoms with Gasteiger partial charge in [-0.15, -0.1) is 10.2 Å². The van der Waals surface area contributed by atoms with E-state index in [2.05, 4.69) is 14.9 Å². The average molecular weight is 518 g/mol. The van der Waals surface area contributed by atoms with Crippen molar-refractivity contribution in [1.82, 2.24) is 19.7 Å². The van der Waals surface area contributed by atoms with Gasteiger partial charge in [-0.05, 0) is 56.9 Å². The van der Waals surface area contributed by atoms with Gasteiger partial charge in [-0.2, -0.15) is 0 Å². The minimum Gasteiger partial charge on any atom is -0.494 e. The molecule has 0 bridgehead atoms. The number of carbonyl (C=O) groups excluding carboxylic acids is 1. The first-order valence-electron chi connectivity index (χ1n) is 11.9. The summed E-state index contributed by atoms with van der Waals surface area (Å²) in [6.07, 6.45) is 3.35. The number of nitrogens with one attached hydrogen (secondary N) is 1. The molecule has 0 saturated carbocycles. The second-order valence-electron chi connectivity index (χ2n) is 9.04. The molecule has 2 saturated heterocycles. The fraction of sp³-hybridized carbons (Fsp3) is 0.458. The van der Waals surface area contributed by atoms with Crippen LogP contribution in [0.4, 0.5) is 5.95 Å². The van der Waals surface area contributed by atoms with Crippen molar-refractivity contribution < 1.29 is 28.5 Å². The number of ether oxygens (including phenoxy) is 2. The Kier molecular flexibility index (Phi) is 6.37. The zero-order chi connectivity index (χ0) is 25.4. The monoisotopic (exact) mass is 517 g/mol. The molecule has 11 nitrogen and oxygen atoms in total. The van der Waals surface area contributed by atoms with Crippen molar-refractivity contribution in [3.8, 4) is 28.8 Å². The van der Waals surface area contributed by atoms with E-state index >= 15 is 0 Å². The van der Waals surface area contributed by atoms with Crippen molar-refractivity contribution in [3.05, 3.63) is 36.1 Å². The summed E-state index contributed by atoms with van der Waals surface area (Å²) in [4.78, 5) is 14.2. The molecule has 0 unspecified atom stereocenters. The van der Waals surface area contributed by atoms with Gasteiger partial charge in [0.15, 0.2) is 5.76 Å². The first kappa shape index (κ1) is 24.2. The van der Waals surface area contributed by atoms with Crippen molar-refractivity contribution in [3.63, 3.8) is 0 Å². The molecule has 2 atom stereocenters. The summed E-state index contributed by atoms with van der Waals surface area (Å²) >= 11 is 0. The molecule has 3 aromatic rings. The first-order chi connectivity index (χ1) is 17.3. The second-order valence-corrected chi connectivity index (χ2v) is 11.0. The lowest BCUT2D eigenvalue weighted by Crippen LogP contribution is -2.53. The van der Waals surface area contributed by atoms with Gasteiger partial charge in [0, 0.05) is 20.4 Å². The molecule has 2 aliphatic rings. The standard InChI is InChI=1S/C24H29N5O6S.H2/c1-15-10-13-20(35-15)23-25-26-24(29(23)22-18(33-2)7-5-8-19(22)34-3)27-36(31,32)17-12-11-16-6-4-9-21(30)28(16)14-17;/h5,7-8,10,13,16-17H,4,6,9,11-12,14H2,1-3H3,(H,26,27);1H/t16-,17+;/m1./s1. The first-order valence-corrected chi connectivity index (χ1v) is 13.4. The number of rotatable bonds is 7. The summed E-state index contributed by atoms with van der Waals surface area (Å²) in [5.74, 6) is 2.18. The highest BCUT2D eigenvalue weighted by molar-refractivity contribution is 7.93. The van der Waals surface area contributed by atoms with Crippen molar-refractivity contribution >= 4 is 21.9 Å². The lowest BCUT2D eigenvalue weighted by molar-refractivity contribution is -0.137. The summed E-state index contributed by atoms with van der Waals surface area (Å²) in [7, 11) is -0.901. The fourth-order valence-corrected chi connectivity index (χ4v) is 6.38. The molecule has 2 fully saturated rings. The molecule has 2 aliphatic heterocycles. The number of aryl methyl sites for hydroxylation is 1. The lowest BCUT2D eigenvalue weighted by Gasteiger charge is -2.42. The molecule has 2 aromatic heterocycles. The van der Waals surface area contributed by atoms with E-state index in [0.29, 0.717) is 48.0 Å². The third kappa shape index (κ3) is 4.29. The van der Waals surface area contributed by atoms with Crippen molar-refractivity contribution in [1.29, 1.82) is 0 Å². The third-order valence-electron chi connectivity index (χ3n) is 6.83. The van der Waals surface area contributed by atoms with Crippen LogP contribution in [0.15, 0.2) is 34.7 Å². The smallest absolute Gasteiger partial charge is 0.243 e. The average Bonchev–Trinajstić information content (AvgIpc) is 3.48. The lowest BCUT2D eigenvalue weighted by atomic mass is 9.93. The van der Waals surface area contributed by atoms with Crippen LogP contribution >= 0.6 is 0 Å². The van der Waals surface area contributed by atoms with Gasteiger partial charge in [0.1, 0.15) is 22.9 Å². The Hall–Kier alpha value is -3.54. The van der Waals surface area contributed by atoms with Crippen LogP contribution < -0.4 is 14.2 Å². The van der Waals surface area contributed by atoms with Crippen LogP contribution in [0.25, 0.3) is 17.3 Å². The Morgan fingerprint density at radius 1 is 1.08 bits per heavy atom. The van der Waals surface area contributed by atoms with Crippen molar-refractivity contribution in [2.75, 3.05) is 25.5 Å². The van der Waals surface area contributed by atoms with Crippen molar-refractivity contribution in [2.45, 2.75) is 50.3 Å².